The van der Waals surface area contributed by atoms with Gasteiger partial charge in [-0.1, -0.05) is 65.3 Å². The Bertz CT molecular complexity index is 1400. The molecule has 3 aromatic rings. The van der Waals surface area contributed by atoms with Gasteiger partial charge in [0, 0.05) is 22.6 Å². The SMILES string of the molecule is CCc1ccc(OCc2ccc(-c3cc(OC)ncc3F)c([C@H]3CCCC3(C)C)c2)c(F)c1C(C)(C)CC(=O)O. The molecule has 1 heterocycles. The largest absolute Gasteiger partial charge is 0.486 e. The minimum absolute atomic E-state index is 0.0362. The first-order valence-electron chi connectivity index (χ1n) is 13.9. The topological polar surface area (TPSA) is 68.7 Å². The number of benzene rings is 2. The number of aromatic nitrogens is 1. The molecule has 0 unspecified atom stereocenters. The average Bonchev–Trinajstić information content (AvgIpc) is 3.25. The maximum absolute atomic E-state index is 15.8. The van der Waals surface area contributed by atoms with Gasteiger partial charge in [0.25, 0.3) is 0 Å². The normalized spacial score (nSPS) is 16.6. The van der Waals surface area contributed by atoms with E-state index in [1.165, 1.54) is 13.3 Å². The molecule has 2 aromatic carbocycles. The van der Waals surface area contributed by atoms with Crippen molar-refractivity contribution in [2.24, 2.45) is 5.41 Å². The molecule has 1 fully saturated rings. The van der Waals surface area contributed by atoms with Crippen molar-refractivity contribution in [3.8, 4) is 22.8 Å². The van der Waals surface area contributed by atoms with Gasteiger partial charge in [-0.25, -0.2) is 13.8 Å². The number of carboxylic acid groups (broad SMARTS) is 1. The van der Waals surface area contributed by atoms with Crippen molar-refractivity contribution in [3.05, 3.63) is 76.5 Å². The van der Waals surface area contributed by atoms with Gasteiger partial charge in [-0.2, -0.15) is 0 Å². The standard InChI is InChI=1S/C33H39F2NO4/c1-7-21-11-13-27(31(35)30(21)33(4,5)17-29(37)38)40-19-20-10-12-22(24-16-28(39-6)36-18-26(24)34)23(15-20)25-9-8-14-32(25,2)3/h10-13,15-16,18,25H,7-9,14,17,19H2,1-6H3,(H,37,38)/t25-/m1/s1. The van der Waals surface area contributed by atoms with Crippen molar-refractivity contribution in [2.75, 3.05) is 7.11 Å². The van der Waals surface area contributed by atoms with Crippen LogP contribution in [0.2, 0.25) is 0 Å². The summed E-state index contributed by atoms with van der Waals surface area (Å²) in [6, 6.07) is 10.9. The lowest BCUT2D eigenvalue weighted by molar-refractivity contribution is -0.138. The van der Waals surface area contributed by atoms with E-state index in [0.717, 1.165) is 41.5 Å². The van der Waals surface area contributed by atoms with E-state index in [9.17, 15) is 9.90 Å². The number of pyridine rings is 1. The highest BCUT2D eigenvalue weighted by molar-refractivity contribution is 5.70. The number of aryl methyl sites for hydroxylation is 1. The van der Waals surface area contributed by atoms with E-state index >= 15 is 8.78 Å². The molecule has 7 heteroatoms. The van der Waals surface area contributed by atoms with Gasteiger partial charge < -0.3 is 14.6 Å². The van der Waals surface area contributed by atoms with Crippen LogP contribution in [0.1, 0.15) is 88.5 Å². The van der Waals surface area contributed by atoms with Crippen molar-refractivity contribution >= 4 is 5.97 Å². The first kappa shape index (κ1) is 29.5. The molecule has 0 radical (unpaired) electrons. The van der Waals surface area contributed by atoms with Crippen LogP contribution in [0.4, 0.5) is 8.78 Å². The third-order valence-corrected chi connectivity index (χ3v) is 8.32. The van der Waals surface area contributed by atoms with Crippen LogP contribution in [0, 0.1) is 17.0 Å². The first-order chi connectivity index (χ1) is 18.9. The number of rotatable bonds is 10. The molecule has 40 heavy (non-hydrogen) atoms. The lowest BCUT2D eigenvalue weighted by Crippen LogP contribution is -2.25. The first-order valence-corrected chi connectivity index (χ1v) is 13.9. The molecule has 0 amide bonds. The summed E-state index contributed by atoms with van der Waals surface area (Å²) in [4.78, 5) is 15.5. The molecule has 4 rings (SSSR count). The summed E-state index contributed by atoms with van der Waals surface area (Å²) in [7, 11) is 1.51. The van der Waals surface area contributed by atoms with Crippen LogP contribution in [0.15, 0.2) is 42.6 Å². The molecule has 1 aliphatic rings. The lowest BCUT2D eigenvalue weighted by atomic mass is 9.75. The molecule has 1 N–H and O–H groups in total. The third kappa shape index (κ3) is 5.98. The Balaban J connectivity index is 1.72. The molecule has 214 valence electrons. The maximum Gasteiger partial charge on any atom is 0.304 e. The summed E-state index contributed by atoms with van der Waals surface area (Å²) in [5.74, 6) is -1.29. The molecule has 5 nitrogen and oxygen atoms in total. The van der Waals surface area contributed by atoms with Gasteiger partial charge in [0.15, 0.2) is 11.6 Å². The number of hydrogen-bond donors (Lipinski definition) is 1. The van der Waals surface area contributed by atoms with E-state index in [1.54, 1.807) is 26.0 Å². The Labute approximate surface area is 235 Å². The smallest absolute Gasteiger partial charge is 0.304 e. The van der Waals surface area contributed by atoms with E-state index < -0.39 is 23.0 Å². The summed E-state index contributed by atoms with van der Waals surface area (Å²) in [6.45, 7) is 10.0. The zero-order valence-electron chi connectivity index (χ0n) is 24.2. The molecule has 1 saturated carbocycles. The van der Waals surface area contributed by atoms with Crippen LogP contribution in [0.25, 0.3) is 11.1 Å². The fourth-order valence-corrected chi connectivity index (χ4v) is 6.24. The average molecular weight is 552 g/mol. The monoisotopic (exact) mass is 551 g/mol. The van der Waals surface area contributed by atoms with Crippen LogP contribution in [-0.2, 0) is 23.2 Å². The van der Waals surface area contributed by atoms with E-state index in [4.69, 9.17) is 9.47 Å². The Morgan fingerprint density at radius 1 is 1.15 bits per heavy atom. The molecular formula is C33H39F2NO4. The second kappa shape index (κ2) is 11.6. The van der Waals surface area contributed by atoms with Gasteiger partial charge in [0.2, 0.25) is 5.88 Å². The number of carboxylic acids is 1. The van der Waals surface area contributed by atoms with E-state index in [-0.39, 0.29) is 30.1 Å². The number of aliphatic carboxylic acids is 1. The van der Waals surface area contributed by atoms with Crippen molar-refractivity contribution in [1.82, 2.24) is 4.98 Å². The second-order valence-electron chi connectivity index (χ2n) is 12.1. The molecule has 0 aliphatic heterocycles. The summed E-state index contributed by atoms with van der Waals surface area (Å²) in [5.41, 5.74) is 3.37. The third-order valence-electron chi connectivity index (χ3n) is 8.32. The van der Waals surface area contributed by atoms with Crippen LogP contribution in [-0.4, -0.2) is 23.2 Å². The molecule has 1 aliphatic carbocycles. The van der Waals surface area contributed by atoms with E-state index in [1.807, 2.05) is 31.2 Å². The predicted octanol–water partition coefficient (Wildman–Crippen LogP) is 8.22. The van der Waals surface area contributed by atoms with Gasteiger partial charge in [-0.15, -0.1) is 0 Å². The highest BCUT2D eigenvalue weighted by Crippen LogP contribution is 2.51. The van der Waals surface area contributed by atoms with Gasteiger partial charge in [-0.05, 0) is 58.9 Å². The number of nitrogens with zero attached hydrogens (tertiary/aromatic N) is 1. The van der Waals surface area contributed by atoms with Gasteiger partial charge >= 0.3 is 5.97 Å². The number of ether oxygens (including phenoxy) is 2. The Morgan fingerprint density at radius 2 is 1.90 bits per heavy atom. The van der Waals surface area contributed by atoms with Crippen molar-refractivity contribution in [1.29, 1.82) is 0 Å². The summed E-state index contributed by atoms with van der Waals surface area (Å²) < 4.78 is 42.1. The minimum Gasteiger partial charge on any atom is -0.486 e. The summed E-state index contributed by atoms with van der Waals surface area (Å²) >= 11 is 0. The quantitative estimate of drug-likeness (QED) is 0.275. The maximum atomic E-state index is 15.8. The Morgan fingerprint density at radius 3 is 2.52 bits per heavy atom. The summed E-state index contributed by atoms with van der Waals surface area (Å²) in [6.07, 6.45) is 4.71. The Hall–Kier alpha value is -3.48. The van der Waals surface area contributed by atoms with Crippen LogP contribution in [0.3, 0.4) is 0 Å². The fraction of sp³-hybridized carbons (Fsp3) is 0.455. The fourth-order valence-electron chi connectivity index (χ4n) is 6.24. The van der Waals surface area contributed by atoms with Crippen molar-refractivity contribution < 1.29 is 28.2 Å². The van der Waals surface area contributed by atoms with Gasteiger partial charge in [0.05, 0.1) is 19.7 Å². The molecule has 0 spiro atoms. The molecule has 1 aromatic heterocycles. The number of carbonyl (C=O) groups is 1. The lowest BCUT2D eigenvalue weighted by Gasteiger charge is -2.30. The van der Waals surface area contributed by atoms with Crippen molar-refractivity contribution in [2.45, 2.75) is 84.7 Å². The molecule has 0 bridgehead atoms. The van der Waals surface area contributed by atoms with Gasteiger partial charge in [0.1, 0.15) is 12.4 Å². The summed E-state index contributed by atoms with van der Waals surface area (Å²) in [5, 5.41) is 9.40. The number of hydrogen-bond acceptors (Lipinski definition) is 4. The molecular weight excluding hydrogens is 512 g/mol. The molecule has 1 atom stereocenters. The van der Waals surface area contributed by atoms with Crippen LogP contribution >= 0.6 is 0 Å². The van der Waals surface area contributed by atoms with Crippen LogP contribution < -0.4 is 9.47 Å². The van der Waals surface area contributed by atoms with E-state index in [0.29, 0.717) is 23.4 Å². The highest BCUT2D eigenvalue weighted by atomic mass is 19.1. The van der Waals surface area contributed by atoms with Crippen molar-refractivity contribution in [3.63, 3.8) is 0 Å². The zero-order valence-corrected chi connectivity index (χ0v) is 24.2. The second-order valence-corrected chi connectivity index (χ2v) is 12.1. The highest BCUT2D eigenvalue weighted by Gasteiger charge is 2.37. The zero-order chi connectivity index (χ0) is 29.2. The van der Waals surface area contributed by atoms with Crippen LogP contribution in [0.5, 0.6) is 11.6 Å². The number of methoxy groups -OCH3 is 1. The number of halogens is 2. The Kier molecular flexibility index (Phi) is 8.52. The van der Waals surface area contributed by atoms with Gasteiger partial charge in [-0.3, -0.25) is 4.79 Å². The van der Waals surface area contributed by atoms with E-state index in [2.05, 4.69) is 18.8 Å². The minimum atomic E-state index is -0.983. The predicted molar refractivity (Wildman–Crippen MR) is 152 cm³/mol. The molecule has 0 saturated heterocycles.